The van der Waals surface area contributed by atoms with Crippen molar-refractivity contribution >= 4 is 88.1 Å². The summed E-state index contributed by atoms with van der Waals surface area (Å²) in [5, 5.41) is 0. The molecular weight excluding hydrogens is 401 g/mol. The van der Waals surface area contributed by atoms with E-state index in [0.29, 0.717) is 17.9 Å². The van der Waals surface area contributed by atoms with Crippen molar-refractivity contribution in [3.8, 4) is 0 Å². The van der Waals surface area contributed by atoms with Gasteiger partial charge in [-0.25, -0.2) is 0 Å². The molecule has 0 fully saturated rings. The number of thiocarbonyl (C=S) groups is 2. The lowest BCUT2D eigenvalue weighted by molar-refractivity contribution is 0.243. The first kappa shape index (κ1) is 22.5. The summed E-state index contributed by atoms with van der Waals surface area (Å²) in [7, 11) is 6.51. The number of rotatable bonds is 8. The van der Waals surface area contributed by atoms with Crippen molar-refractivity contribution < 1.29 is 9.47 Å². The summed E-state index contributed by atoms with van der Waals surface area (Å²) in [6.45, 7) is 12.3. The first-order chi connectivity index (χ1) is 9.70. The van der Waals surface area contributed by atoms with E-state index >= 15 is 0 Å². The molecule has 9 heteroatoms. The molecule has 2 nitrogen and oxygen atoms in total. The minimum absolute atomic E-state index is 0.140. The van der Waals surface area contributed by atoms with Gasteiger partial charge in [-0.05, 0) is 87.6 Å². The highest BCUT2D eigenvalue weighted by molar-refractivity contribution is 8.86. The monoisotopic (exact) mass is 422 g/mol. The summed E-state index contributed by atoms with van der Waals surface area (Å²) in [4.78, 5) is 0. The molecule has 0 saturated carbocycles. The molecule has 0 aromatic carbocycles. The number of hydrogen-bond donors (Lipinski definition) is 0. The molecule has 0 saturated heterocycles. The molecule has 2 atom stereocenters. The molecule has 0 bridgehead atoms. The predicted octanol–water partition coefficient (Wildman–Crippen LogP) is 6.59. The summed E-state index contributed by atoms with van der Waals surface area (Å²) in [6.07, 6.45) is 0.280. The van der Waals surface area contributed by atoms with Crippen molar-refractivity contribution in [3.05, 3.63) is 0 Å². The van der Waals surface area contributed by atoms with E-state index in [1.54, 1.807) is 21.6 Å². The van der Waals surface area contributed by atoms with Crippen molar-refractivity contribution in [1.29, 1.82) is 0 Å². The Morgan fingerprint density at radius 3 is 1.33 bits per heavy atom. The summed E-state index contributed by atoms with van der Waals surface area (Å²) >= 11 is 12.2. The molecule has 0 aromatic rings. The van der Waals surface area contributed by atoms with Crippen LogP contribution in [0.25, 0.3) is 0 Å². The van der Waals surface area contributed by atoms with Crippen LogP contribution in [0, 0.1) is 0 Å². The third kappa shape index (κ3) is 14.8. The third-order valence-electron chi connectivity index (χ3n) is 1.55. The molecule has 21 heavy (non-hydrogen) atoms. The fourth-order valence-electron chi connectivity index (χ4n) is 0.953. The SMILES string of the molecule is CC(C)OC(=S)SSC(C)SC(C)SSC(=S)OC(C)C. The van der Waals surface area contributed by atoms with E-state index in [1.165, 1.54) is 21.6 Å². The molecule has 0 aliphatic heterocycles. The Kier molecular flexibility index (Phi) is 13.8. The maximum Gasteiger partial charge on any atom is 0.231 e. The van der Waals surface area contributed by atoms with Gasteiger partial charge in [0.15, 0.2) is 0 Å². The van der Waals surface area contributed by atoms with Gasteiger partial charge in [0, 0.05) is 0 Å². The minimum atomic E-state index is 0.140. The lowest BCUT2D eigenvalue weighted by Crippen LogP contribution is -2.06. The zero-order valence-corrected chi connectivity index (χ0v) is 18.7. The highest BCUT2D eigenvalue weighted by Gasteiger charge is 2.14. The Hall–Kier alpha value is 1.53. The average molecular weight is 423 g/mol. The first-order valence-electron chi connectivity index (χ1n) is 6.44. The van der Waals surface area contributed by atoms with Crippen LogP contribution in [0.2, 0.25) is 0 Å². The highest BCUT2D eigenvalue weighted by Crippen LogP contribution is 2.42. The van der Waals surface area contributed by atoms with Crippen LogP contribution in [0.1, 0.15) is 41.5 Å². The van der Waals surface area contributed by atoms with Crippen LogP contribution in [-0.4, -0.2) is 30.1 Å². The zero-order valence-electron chi connectivity index (χ0n) is 13.0. The van der Waals surface area contributed by atoms with Gasteiger partial charge in [0.05, 0.1) is 21.4 Å². The summed E-state index contributed by atoms with van der Waals surface area (Å²) in [5.74, 6) is 0. The van der Waals surface area contributed by atoms with Crippen molar-refractivity contribution in [2.24, 2.45) is 0 Å². The standard InChI is InChI=1S/C12H22O2S7/c1-7(2)13-11(15)20-18-9(5)17-10(6)19-21-12(16)14-8(3)4/h7-10H,1-6H3. The van der Waals surface area contributed by atoms with Gasteiger partial charge in [-0.15, -0.1) is 11.8 Å². The molecule has 0 rings (SSSR count). The van der Waals surface area contributed by atoms with Gasteiger partial charge in [-0.2, -0.15) is 0 Å². The maximum atomic E-state index is 5.44. The third-order valence-corrected chi connectivity index (χ3v) is 10.0. The van der Waals surface area contributed by atoms with E-state index in [1.807, 2.05) is 39.5 Å². The Morgan fingerprint density at radius 2 is 1.05 bits per heavy atom. The van der Waals surface area contributed by atoms with Crippen molar-refractivity contribution in [2.45, 2.75) is 62.9 Å². The molecule has 0 radical (unpaired) electrons. The topological polar surface area (TPSA) is 18.5 Å². The largest absolute Gasteiger partial charge is 0.475 e. The molecule has 0 N–H and O–H groups in total. The fraction of sp³-hybridized carbons (Fsp3) is 0.833. The molecule has 0 aromatic heterocycles. The van der Waals surface area contributed by atoms with Gasteiger partial charge in [0.1, 0.15) is 0 Å². The van der Waals surface area contributed by atoms with E-state index in [9.17, 15) is 0 Å². The molecular formula is C12H22O2S7. The number of hydrogen-bond acceptors (Lipinski definition) is 9. The maximum absolute atomic E-state index is 5.44. The second-order valence-corrected chi connectivity index (χ2v) is 13.0. The molecule has 2 unspecified atom stereocenters. The van der Waals surface area contributed by atoms with Crippen molar-refractivity contribution in [1.82, 2.24) is 0 Å². The van der Waals surface area contributed by atoms with E-state index in [2.05, 4.69) is 13.8 Å². The first-order valence-corrected chi connectivity index (χ1v) is 12.6. The minimum Gasteiger partial charge on any atom is -0.475 e. The van der Waals surface area contributed by atoms with Gasteiger partial charge in [0.25, 0.3) is 0 Å². The van der Waals surface area contributed by atoms with Gasteiger partial charge < -0.3 is 9.47 Å². The Labute approximate surface area is 159 Å². The van der Waals surface area contributed by atoms with Gasteiger partial charge >= 0.3 is 0 Å². The van der Waals surface area contributed by atoms with Gasteiger partial charge in [-0.1, -0.05) is 21.6 Å². The quantitative estimate of drug-likeness (QED) is 0.242. The summed E-state index contributed by atoms with van der Waals surface area (Å²) in [5.41, 5.74) is 0. The molecule has 0 aliphatic rings. The lowest BCUT2D eigenvalue weighted by Gasteiger charge is -2.17. The Bertz CT molecular complexity index is 293. The molecule has 124 valence electrons. The average Bonchev–Trinajstić information content (AvgIpc) is 2.32. The Morgan fingerprint density at radius 1 is 0.714 bits per heavy atom. The van der Waals surface area contributed by atoms with Crippen molar-refractivity contribution in [3.63, 3.8) is 0 Å². The van der Waals surface area contributed by atoms with E-state index in [0.717, 1.165) is 0 Å². The van der Waals surface area contributed by atoms with Crippen LogP contribution >= 0.6 is 79.4 Å². The van der Waals surface area contributed by atoms with Crippen LogP contribution in [-0.2, 0) is 9.47 Å². The molecule has 0 heterocycles. The molecule has 0 amide bonds. The second kappa shape index (κ2) is 12.9. The van der Waals surface area contributed by atoms with E-state index in [4.69, 9.17) is 33.9 Å². The second-order valence-electron chi connectivity index (χ2n) is 4.46. The van der Waals surface area contributed by atoms with Crippen molar-refractivity contribution in [2.75, 3.05) is 0 Å². The van der Waals surface area contributed by atoms with Crippen LogP contribution in [0.15, 0.2) is 0 Å². The van der Waals surface area contributed by atoms with Gasteiger partial charge in [-0.3, -0.25) is 0 Å². The molecule has 0 aliphatic carbocycles. The fourth-order valence-corrected chi connectivity index (χ4v) is 8.09. The predicted molar refractivity (Wildman–Crippen MR) is 115 cm³/mol. The summed E-state index contributed by atoms with van der Waals surface area (Å²) < 4.78 is 12.9. The highest BCUT2D eigenvalue weighted by atomic mass is 33.1. The zero-order chi connectivity index (χ0) is 16.4. The van der Waals surface area contributed by atoms with Crippen LogP contribution in [0.5, 0.6) is 0 Å². The number of thioether (sulfide) groups is 1. The normalized spacial score (nSPS) is 14.1. The van der Waals surface area contributed by atoms with E-state index in [-0.39, 0.29) is 12.2 Å². The smallest absolute Gasteiger partial charge is 0.231 e. The lowest BCUT2D eigenvalue weighted by atomic mass is 10.5. The van der Waals surface area contributed by atoms with Crippen LogP contribution in [0.3, 0.4) is 0 Å². The van der Waals surface area contributed by atoms with E-state index < -0.39 is 0 Å². The van der Waals surface area contributed by atoms with Gasteiger partial charge in [0.2, 0.25) is 8.77 Å². The van der Waals surface area contributed by atoms with Crippen LogP contribution in [0.4, 0.5) is 0 Å². The number of ether oxygens (including phenoxy) is 2. The van der Waals surface area contributed by atoms with Crippen LogP contribution < -0.4 is 0 Å². The Balaban J connectivity index is 3.81. The summed E-state index contributed by atoms with van der Waals surface area (Å²) in [6, 6.07) is 0. The molecule has 0 spiro atoms.